The van der Waals surface area contributed by atoms with Crippen LogP contribution in [-0.2, 0) is 4.74 Å². The molecule has 2 aliphatic rings. The van der Waals surface area contributed by atoms with Gasteiger partial charge in [-0.15, -0.1) is 0 Å². The van der Waals surface area contributed by atoms with Gasteiger partial charge in [0, 0.05) is 0 Å². The molecule has 2 heteroatoms. The average molecular weight is 142 g/mol. The van der Waals surface area contributed by atoms with Gasteiger partial charge in [0.2, 0.25) is 0 Å². The minimum atomic E-state index is -0.0185. The van der Waals surface area contributed by atoms with Crippen molar-refractivity contribution in [1.82, 2.24) is 0 Å². The lowest BCUT2D eigenvalue weighted by atomic mass is 9.85. The molecule has 10 heavy (non-hydrogen) atoms. The summed E-state index contributed by atoms with van der Waals surface area (Å²) >= 11 is 0. The summed E-state index contributed by atoms with van der Waals surface area (Å²) < 4.78 is 5.20. The average Bonchev–Trinajstić information content (AvgIpc) is 2.71. The van der Waals surface area contributed by atoms with Crippen LogP contribution in [0.15, 0.2) is 0 Å². The van der Waals surface area contributed by atoms with Crippen LogP contribution in [0.1, 0.15) is 25.7 Å². The summed E-state index contributed by atoms with van der Waals surface area (Å²) in [5.74, 6) is 0.767. The molecule has 0 aromatic heterocycles. The van der Waals surface area contributed by atoms with Crippen LogP contribution in [0.4, 0.5) is 0 Å². The van der Waals surface area contributed by atoms with Gasteiger partial charge in [-0.1, -0.05) is 0 Å². The fourth-order valence-corrected chi connectivity index (χ4v) is 1.80. The normalized spacial score (nSPS) is 47.1. The van der Waals surface area contributed by atoms with Gasteiger partial charge in [0.05, 0.1) is 18.8 Å². The quantitative estimate of drug-likeness (QED) is 0.552. The Balaban J connectivity index is 1.79. The van der Waals surface area contributed by atoms with Crippen molar-refractivity contribution in [3.8, 4) is 0 Å². The largest absolute Gasteiger partial charge is 0.393 e. The number of aliphatic hydroxyl groups is 1. The topological polar surface area (TPSA) is 32.8 Å². The fraction of sp³-hybridized carbons (Fsp3) is 1.00. The van der Waals surface area contributed by atoms with E-state index >= 15 is 0 Å². The van der Waals surface area contributed by atoms with E-state index in [1.54, 1.807) is 0 Å². The Morgan fingerprint density at radius 3 is 2.20 bits per heavy atom. The van der Waals surface area contributed by atoms with E-state index in [4.69, 9.17) is 4.74 Å². The molecule has 0 aromatic rings. The van der Waals surface area contributed by atoms with E-state index in [-0.39, 0.29) is 6.10 Å². The van der Waals surface area contributed by atoms with Crippen molar-refractivity contribution in [1.29, 1.82) is 0 Å². The van der Waals surface area contributed by atoms with Crippen LogP contribution >= 0.6 is 0 Å². The summed E-state index contributed by atoms with van der Waals surface area (Å²) in [6.07, 6.45) is 4.87. The molecule has 58 valence electrons. The zero-order valence-corrected chi connectivity index (χ0v) is 6.12. The molecule has 1 saturated carbocycles. The minimum Gasteiger partial charge on any atom is -0.393 e. The second kappa shape index (κ2) is 2.51. The summed E-state index contributed by atoms with van der Waals surface area (Å²) in [6.45, 7) is 0.973. The molecule has 1 atom stereocenters. The minimum absolute atomic E-state index is 0.0185. The van der Waals surface area contributed by atoms with E-state index in [1.807, 2.05) is 0 Å². The SMILES string of the molecule is OC1CCC(C2CO2)CC1. The molecule has 1 saturated heterocycles. The van der Waals surface area contributed by atoms with Gasteiger partial charge in [0.25, 0.3) is 0 Å². The highest BCUT2D eigenvalue weighted by Crippen LogP contribution is 2.33. The van der Waals surface area contributed by atoms with Crippen LogP contribution in [0, 0.1) is 5.92 Å². The maximum atomic E-state index is 9.19. The summed E-state index contributed by atoms with van der Waals surface area (Å²) in [7, 11) is 0. The first-order valence-electron chi connectivity index (χ1n) is 4.16. The van der Waals surface area contributed by atoms with E-state index in [9.17, 15) is 5.11 Å². The first kappa shape index (κ1) is 6.62. The molecule has 0 bridgehead atoms. The molecule has 1 N–H and O–H groups in total. The fourth-order valence-electron chi connectivity index (χ4n) is 1.80. The van der Waals surface area contributed by atoms with Crippen LogP contribution in [0.5, 0.6) is 0 Å². The molecule has 2 fully saturated rings. The van der Waals surface area contributed by atoms with Gasteiger partial charge < -0.3 is 9.84 Å². The highest BCUT2D eigenvalue weighted by Gasteiger charge is 2.34. The van der Waals surface area contributed by atoms with Crippen molar-refractivity contribution in [2.24, 2.45) is 5.92 Å². The van der Waals surface area contributed by atoms with Crippen LogP contribution in [0.25, 0.3) is 0 Å². The Morgan fingerprint density at radius 1 is 1.10 bits per heavy atom. The van der Waals surface area contributed by atoms with E-state index in [2.05, 4.69) is 0 Å². The number of aliphatic hydroxyl groups excluding tert-OH is 1. The lowest BCUT2D eigenvalue weighted by molar-refractivity contribution is 0.1000. The highest BCUT2D eigenvalue weighted by atomic mass is 16.6. The van der Waals surface area contributed by atoms with Gasteiger partial charge in [-0.25, -0.2) is 0 Å². The zero-order chi connectivity index (χ0) is 6.97. The highest BCUT2D eigenvalue weighted by molar-refractivity contribution is 4.83. The monoisotopic (exact) mass is 142 g/mol. The van der Waals surface area contributed by atoms with Crippen molar-refractivity contribution in [2.45, 2.75) is 37.9 Å². The van der Waals surface area contributed by atoms with Crippen molar-refractivity contribution in [2.75, 3.05) is 6.61 Å². The molecule has 1 unspecified atom stereocenters. The Kier molecular flexibility index (Phi) is 1.66. The Morgan fingerprint density at radius 2 is 1.70 bits per heavy atom. The van der Waals surface area contributed by atoms with Crippen molar-refractivity contribution < 1.29 is 9.84 Å². The molecular weight excluding hydrogens is 128 g/mol. The third kappa shape index (κ3) is 1.32. The molecular formula is C8H14O2. The van der Waals surface area contributed by atoms with Crippen LogP contribution < -0.4 is 0 Å². The Labute approximate surface area is 61.2 Å². The number of rotatable bonds is 1. The molecule has 0 aromatic carbocycles. The molecule has 1 aliphatic heterocycles. The van der Waals surface area contributed by atoms with Crippen LogP contribution in [0.2, 0.25) is 0 Å². The molecule has 0 spiro atoms. The first-order valence-corrected chi connectivity index (χ1v) is 4.16. The third-order valence-electron chi connectivity index (χ3n) is 2.63. The Bertz CT molecular complexity index is 112. The number of ether oxygens (including phenoxy) is 1. The van der Waals surface area contributed by atoms with Crippen molar-refractivity contribution in [3.05, 3.63) is 0 Å². The van der Waals surface area contributed by atoms with Gasteiger partial charge in [-0.3, -0.25) is 0 Å². The number of hydrogen-bond acceptors (Lipinski definition) is 2. The zero-order valence-electron chi connectivity index (χ0n) is 6.12. The van der Waals surface area contributed by atoms with Gasteiger partial charge in [-0.2, -0.15) is 0 Å². The molecule has 2 nitrogen and oxygen atoms in total. The molecule has 0 amide bonds. The summed E-state index contributed by atoms with van der Waals surface area (Å²) in [4.78, 5) is 0. The standard InChI is InChI=1S/C8H14O2/c9-7-3-1-6(2-4-7)8-5-10-8/h6-9H,1-5H2. The van der Waals surface area contributed by atoms with Gasteiger partial charge in [0.15, 0.2) is 0 Å². The van der Waals surface area contributed by atoms with Crippen molar-refractivity contribution >= 4 is 0 Å². The maximum absolute atomic E-state index is 9.19. The van der Waals surface area contributed by atoms with E-state index < -0.39 is 0 Å². The first-order chi connectivity index (χ1) is 4.86. The number of epoxide rings is 1. The molecule has 0 radical (unpaired) electrons. The van der Waals surface area contributed by atoms with Crippen LogP contribution in [0.3, 0.4) is 0 Å². The predicted molar refractivity (Wildman–Crippen MR) is 37.7 cm³/mol. The van der Waals surface area contributed by atoms with E-state index in [0.29, 0.717) is 6.10 Å². The summed E-state index contributed by atoms with van der Waals surface area (Å²) in [5, 5.41) is 9.19. The maximum Gasteiger partial charge on any atom is 0.0838 e. The molecule has 1 heterocycles. The van der Waals surface area contributed by atoms with E-state index in [1.165, 1.54) is 12.8 Å². The summed E-state index contributed by atoms with van der Waals surface area (Å²) in [6, 6.07) is 0. The second-order valence-electron chi connectivity index (χ2n) is 3.44. The van der Waals surface area contributed by atoms with Crippen LogP contribution in [-0.4, -0.2) is 23.9 Å². The van der Waals surface area contributed by atoms with Gasteiger partial charge >= 0.3 is 0 Å². The molecule has 2 rings (SSSR count). The number of hydrogen-bond donors (Lipinski definition) is 1. The molecule has 1 aliphatic carbocycles. The van der Waals surface area contributed by atoms with Crippen molar-refractivity contribution in [3.63, 3.8) is 0 Å². The smallest absolute Gasteiger partial charge is 0.0838 e. The summed E-state index contributed by atoms with van der Waals surface area (Å²) in [5.41, 5.74) is 0. The lowest BCUT2D eigenvalue weighted by Crippen LogP contribution is -2.21. The lowest BCUT2D eigenvalue weighted by Gasteiger charge is -2.23. The predicted octanol–water partition coefficient (Wildman–Crippen LogP) is 0.936. The third-order valence-corrected chi connectivity index (χ3v) is 2.63. The van der Waals surface area contributed by atoms with Gasteiger partial charge in [0.1, 0.15) is 0 Å². The van der Waals surface area contributed by atoms with E-state index in [0.717, 1.165) is 25.4 Å². The van der Waals surface area contributed by atoms with Gasteiger partial charge in [-0.05, 0) is 31.6 Å². The Hall–Kier alpha value is -0.0800. The second-order valence-corrected chi connectivity index (χ2v) is 3.44.